The lowest BCUT2D eigenvalue weighted by Crippen LogP contribution is -2.28. The molecule has 0 atom stereocenters. The van der Waals surface area contributed by atoms with Gasteiger partial charge < -0.3 is 14.6 Å². The molecule has 7 nitrogen and oxygen atoms in total. The first kappa shape index (κ1) is 23.9. The maximum atomic E-state index is 13.9. The van der Waals surface area contributed by atoms with E-state index in [1.807, 2.05) is 36.4 Å². The molecule has 3 heterocycles. The summed E-state index contributed by atoms with van der Waals surface area (Å²) in [7, 11) is 0. The molecule has 1 amide bonds. The summed E-state index contributed by atoms with van der Waals surface area (Å²) in [5.41, 5.74) is 5.18. The van der Waals surface area contributed by atoms with Crippen LogP contribution in [0.2, 0.25) is 5.02 Å². The van der Waals surface area contributed by atoms with E-state index in [0.29, 0.717) is 41.2 Å². The minimum atomic E-state index is -0.462. The molecule has 2 aromatic heterocycles. The minimum absolute atomic E-state index is 0.199. The van der Waals surface area contributed by atoms with Crippen molar-refractivity contribution in [3.63, 3.8) is 0 Å². The number of nitrogens with zero attached hydrogens (tertiary/aromatic N) is 3. The van der Waals surface area contributed by atoms with Gasteiger partial charge >= 0.3 is 5.97 Å². The Hall–Kier alpha value is -3.84. The number of aromatic amines is 1. The molecular weight excluding hydrogens is 476 g/mol. The zero-order chi connectivity index (χ0) is 25.2. The van der Waals surface area contributed by atoms with Crippen LogP contribution in [0.3, 0.4) is 0 Å². The maximum absolute atomic E-state index is 13.9. The average Bonchev–Trinajstić information content (AvgIpc) is 3.40. The van der Waals surface area contributed by atoms with E-state index < -0.39 is 5.97 Å². The summed E-state index contributed by atoms with van der Waals surface area (Å²) in [6, 6.07) is 15.3. The molecule has 0 saturated heterocycles. The monoisotopic (exact) mass is 502 g/mol. The number of fused-ring (bicyclic) bond motifs is 3. The van der Waals surface area contributed by atoms with E-state index in [2.05, 4.69) is 17.0 Å². The maximum Gasteiger partial charge on any atom is 0.341 e. The van der Waals surface area contributed by atoms with Crippen LogP contribution in [-0.4, -0.2) is 44.7 Å². The summed E-state index contributed by atoms with van der Waals surface area (Å²) in [4.78, 5) is 31.8. The van der Waals surface area contributed by atoms with Crippen molar-refractivity contribution < 1.29 is 14.3 Å². The number of carbonyl (C=O) groups excluding carboxylic acids is 2. The molecule has 8 heteroatoms. The number of para-hydroxylation sites is 1. The van der Waals surface area contributed by atoms with Crippen LogP contribution in [0.25, 0.3) is 22.2 Å². The molecule has 1 aliphatic rings. The summed E-state index contributed by atoms with van der Waals surface area (Å²) in [5.74, 6) is -0.662. The van der Waals surface area contributed by atoms with Gasteiger partial charge in [-0.1, -0.05) is 43.1 Å². The van der Waals surface area contributed by atoms with E-state index >= 15 is 0 Å². The first-order chi connectivity index (χ1) is 17.5. The molecule has 184 valence electrons. The van der Waals surface area contributed by atoms with Crippen LogP contribution in [0.5, 0.6) is 0 Å². The van der Waals surface area contributed by atoms with Gasteiger partial charge in [-0.05, 0) is 55.7 Å². The molecule has 2 aromatic carbocycles. The van der Waals surface area contributed by atoms with Crippen molar-refractivity contribution in [1.29, 1.82) is 0 Å². The SMILES string of the molecule is CCCc1c(C(=O)N2C=C(C(=O)OCC)c3[nH]c4ccccc4c3CC2)cnn1-c1ccc(Cl)cc1. The van der Waals surface area contributed by atoms with Crippen LogP contribution in [-0.2, 0) is 22.4 Å². The number of aromatic nitrogens is 3. The zero-order valence-corrected chi connectivity index (χ0v) is 21.0. The Balaban J connectivity index is 1.56. The van der Waals surface area contributed by atoms with Gasteiger partial charge in [0.2, 0.25) is 0 Å². The normalized spacial score (nSPS) is 13.3. The van der Waals surface area contributed by atoms with Crippen LogP contribution in [0.4, 0.5) is 0 Å². The molecule has 1 aliphatic heterocycles. The van der Waals surface area contributed by atoms with Gasteiger partial charge in [0.15, 0.2) is 0 Å². The highest BCUT2D eigenvalue weighted by Crippen LogP contribution is 2.32. The lowest BCUT2D eigenvalue weighted by Gasteiger charge is -2.18. The zero-order valence-electron chi connectivity index (χ0n) is 20.3. The number of amides is 1. The number of H-pyrrole nitrogens is 1. The summed E-state index contributed by atoms with van der Waals surface area (Å²) in [6.45, 7) is 4.50. The molecule has 5 rings (SSSR count). The van der Waals surface area contributed by atoms with Gasteiger partial charge in [0, 0.05) is 28.7 Å². The molecular formula is C28H27ClN4O3. The van der Waals surface area contributed by atoms with Crippen molar-refractivity contribution in [3.05, 3.63) is 88.5 Å². The molecule has 4 aromatic rings. The number of nitrogens with one attached hydrogen (secondary N) is 1. The van der Waals surface area contributed by atoms with Crippen molar-refractivity contribution >= 4 is 40.0 Å². The second-order valence-electron chi connectivity index (χ2n) is 8.68. The molecule has 1 N–H and O–H groups in total. The molecule has 0 bridgehead atoms. The van der Waals surface area contributed by atoms with Gasteiger partial charge in [0.1, 0.15) is 0 Å². The molecule has 0 spiro atoms. The van der Waals surface area contributed by atoms with Crippen molar-refractivity contribution in [2.24, 2.45) is 0 Å². The Morgan fingerprint density at radius 3 is 2.64 bits per heavy atom. The highest BCUT2D eigenvalue weighted by molar-refractivity contribution is 6.30. The Bertz CT molecular complexity index is 1470. The lowest BCUT2D eigenvalue weighted by molar-refractivity contribution is -0.136. The second-order valence-corrected chi connectivity index (χ2v) is 9.12. The Labute approximate surface area is 214 Å². The van der Waals surface area contributed by atoms with E-state index in [0.717, 1.165) is 34.3 Å². The first-order valence-electron chi connectivity index (χ1n) is 12.1. The van der Waals surface area contributed by atoms with Crippen LogP contribution >= 0.6 is 11.6 Å². The number of hydrogen-bond donors (Lipinski definition) is 1. The Kier molecular flexibility index (Phi) is 6.65. The van der Waals surface area contributed by atoms with Crippen molar-refractivity contribution in [2.45, 2.75) is 33.1 Å². The minimum Gasteiger partial charge on any atom is -0.462 e. The smallest absolute Gasteiger partial charge is 0.341 e. The third-order valence-corrected chi connectivity index (χ3v) is 6.64. The standard InChI is InChI=1S/C28H27ClN4O3/c1-3-7-25-22(16-30-33(25)19-12-10-18(29)11-13-19)27(34)32-15-14-21-20-8-5-6-9-24(20)31-26(21)23(17-32)28(35)36-4-2/h5-6,8-13,16-17,31H,3-4,7,14-15H2,1-2H3. The topological polar surface area (TPSA) is 80.2 Å². The van der Waals surface area contributed by atoms with Crippen LogP contribution in [0.1, 0.15) is 47.6 Å². The van der Waals surface area contributed by atoms with Crippen LogP contribution in [0.15, 0.2) is 60.9 Å². The number of esters is 1. The number of halogens is 1. The first-order valence-corrected chi connectivity index (χ1v) is 12.5. The third kappa shape index (κ3) is 4.31. The summed E-state index contributed by atoms with van der Waals surface area (Å²) < 4.78 is 7.15. The van der Waals surface area contributed by atoms with Gasteiger partial charge in [0.05, 0.1) is 41.0 Å². The van der Waals surface area contributed by atoms with Crippen molar-refractivity contribution in [3.8, 4) is 5.69 Å². The lowest BCUT2D eigenvalue weighted by atomic mass is 10.0. The Morgan fingerprint density at radius 2 is 1.89 bits per heavy atom. The van der Waals surface area contributed by atoms with Gasteiger partial charge in [-0.3, -0.25) is 4.79 Å². The molecule has 0 radical (unpaired) electrons. The van der Waals surface area contributed by atoms with E-state index in [-0.39, 0.29) is 12.5 Å². The van der Waals surface area contributed by atoms with Gasteiger partial charge in [-0.25, -0.2) is 9.48 Å². The molecule has 0 unspecified atom stereocenters. The molecule has 0 aliphatic carbocycles. The number of benzene rings is 2. The Morgan fingerprint density at radius 1 is 1.11 bits per heavy atom. The van der Waals surface area contributed by atoms with E-state index in [1.165, 1.54) is 0 Å². The third-order valence-electron chi connectivity index (χ3n) is 6.38. The number of hydrogen-bond acceptors (Lipinski definition) is 4. The molecule has 0 saturated carbocycles. The number of ether oxygens (including phenoxy) is 1. The predicted octanol–water partition coefficient (Wildman–Crippen LogP) is 5.56. The van der Waals surface area contributed by atoms with Gasteiger partial charge in [0.25, 0.3) is 5.91 Å². The molecule has 36 heavy (non-hydrogen) atoms. The highest BCUT2D eigenvalue weighted by atomic mass is 35.5. The predicted molar refractivity (Wildman–Crippen MR) is 140 cm³/mol. The van der Waals surface area contributed by atoms with E-state index in [9.17, 15) is 9.59 Å². The summed E-state index contributed by atoms with van der Waals surface area (Å²) in [6.07, 6.45) is 5.35. The number of rotatable bonds is 6. The molecule has 0 fully saturated rings. The van der Waals surface area contributed by atoms with Crippen LogP contribution < -0.4 is 0 Å². The summed E-state index contributed by atoms with van der Waals surface area (Å²) in [5, 5.41) is 6.21. The summed E-state index contributed by atoms with van der Waals surface area (Å²) >= 11 is 6.06. The average molecular weight is 503 g/mol. The fourth-order valence-electron chi connectivity index (χ4n) is 4.72. The fraction of sp³-hybridized carbons (Fsp3) is 0.250. The van der Waals surface area contributed by atoms with Crippen LogP contribution in [0, 0.1) is 0 Å². The van der Waals surface area contributed by atoms with Crippen molar-refractivity contribution in [2.75, 3.05) is 13.2 Å². The van der Waals surface area contributed by atoms with Crippen molar-refractivity contribution in [1.82, 2.24) is 19.7 Å². The largest absolute Gasteiger partial charge is 0.462 e. The number of carbonyl (C=O) groups is 2. The van der Waals surface area contributed by atoms with Gasteiger partial charge in [-0.2, -0.15) is 5.10 Å². The van der Waals surface area contributed by atoms with E-state index in [1.54, 1.807) is 41.0 Å². The highest BCUT2D eigenvalue weighted by Gasteiger charge is 2.29. The van der Waals surface area contributed by atoms with E-state index in [4.69, 9.17) is 16.3 Å². The second kappa shape index (κ2) is 10.0. The van der Waals surface area contributed by atoms with Gasteiger partial charge in [-0.15, -0.1) is 0 Å². The fourth-order valence-corrected chi connectivity index (χ4v) is 4.85. The quantitative estimate of drug-likeness (QED) is 0.350.